The minimum Gasteiger partial charge on any atom is -0.353 e. The van der Waals surface area contributed by atoms with Crippen molar-refractivity contribution in [2.75, 3.05) is 5.75 Å². The molecule has 31 heavy (non-hydrogen) atoms. The molecule has 0 aliphatic heterocycles. The van der Waals surface area contributed by atoms with E-state index in [1.54, 1.807) is 0 Å². The quantitative estimate of drug-likeness (QED) is 0.574. The number of benzene rings is 1. The van der Waals surface area contributed by atoms with Gasteiger partial charge in [-0.1, -0.05) is 56.1 Å². The van der Waals surface area contributed by atoms with E-state index in [2.05, 4.69) is 34.7 Å². The maximum atomic E-state index is 12.8. The summed E-state index contributed by atoms with van der Waals surface area (Å²) < 4.78 is 1.99. The van der Waals surface area contributed by atoms with Gasteiger partial charge in [0.15, 0.2) is 11.0 Å². The molecule has 8 heteroatoms. The van der Waals surface area contributed by atoms with E-state index in [0.717, 1.165) is 24.2 Å². The molecule has 1 aromatic carbocycles. The number of hydrogen-bond donors (Lipinski definition) is 2. The summed E-state index contributed by atoms with van der Waals surface area (Å²) in [5, 5.41) is 15.7. The molecule has 0 unspecified atom stereocenters. The number of nitrogens with one attached hydrogen (secondary N) is 2. The molecular weight excluding hydrogens is 410 g/mol. The van der Waals surface area contributed by atoms with Gasteiger partial charge >= 0.3 is 0 Å². The third-order valence-corrected chi connectivity index (χ3v) is 6.63. The molecule has 0 bridgehead atoms. The highest BCUT2D eigenvalue weighted by Gasteiger charge is 2.26. The first-order valence-electron chi connectivity index (χ1n) is 11.1. The molecule has 1 aliphatic rings. The predicted octanol–water partition coefficient (Wildman–Crippen LogP) is 3.88. The number of rotatable bonds is 9. The third kappa shape index (κ3) is 6.09. The van der Waals surface area contributed by atoms with Crippen molar-refractivity contribution < 1.29 is 9.59 Å². The van der Waals surface area contributed by atoms with E-state index >= 15 is 0 Å². The number of aryl methyl sites for hydroxylation is 1. The average Bonchev–Trinajstić information content (AvgIpc) is 3.40. The van der Waals surface area contributed by atoms with Gasteiger partial charge in [0.25, 0.3) is 5.91 Å². The van der Waals surface area contributed by atoms with E-state index in [9.17, 15) is 9.59 Å². The van der Waals surface area contributed by atoms with Crippen molar-refractivity contribution in [1.29, 1.82) is 0 Å². The first kappa shape index (κ1) is 23.3. The minimum absolute atomic E-state index is 0.0391. The van der Waals surface area contributed by atoms with Gasteiger partial charge in [-0.15, -0.1) is 10.2 Å². The molecule has 0 saturated heterocycles. The van der Waals surface area contributed by atoms with E-state index in [-0.39, 0.29) is 23.8 Å². The van der Waals surface area contributed by atoms with Crippen molar-refractivity contribution in [2.45, 2.75) is 77.2 Å². The van der Waals surface area contributed by atoms with E-state index in [0.29, 0.717) is 29.1 Å². The summed E-state index contributed by atoms with van der Waals surface area (Å²) in [6.07, 6.45) is 4.53. The normalized spacial score (nSPS) is 15.3. The van der Waals surface area contributed by atoms with Crippen molar-refractivity contribution in [3.8, 4) is 0 Å². The number of thioether (sulfide) groups is 1. The fourth-order valence-electron chi connectivity index (χ4n) is 3.86. The predicted molar refractivity (Wildman–Crippen MR) is 123 cm³/mol. The van der Waals surface area contributed by atoms with Crippen molar-refractivity contribution in [1.82, 2.24) is 25.4 Å². The van der Waals surface area contributed by atoms with Gasteiger partial charge in [-0.05, 0) is 44.7 Å². The largest absolute Gasteiger partial charge is 0.353 e. The van der Waals surface area contributed by atoms with Gasteiger partial charge in [-0.2, -0.15) is 0 Å². The lowest BCUT2D eigenvalue weighted by Crippen LogP contribution is -2.34. The van der Waals surface area contributed by atoms with Gasteiger partial charge in [0.1, 0.15) is 0 Å². The Hall–Kier alpha value is -2.35. The zero-order valence-electron chi connectivity index (χ0n) is 18.9. The Morgan fingerprint density at radius 1 is 1.16 bits per heavy atom. The molecule has 2 amide bonds. The smallest absolute Gasteiger partial charge is 0.251 e. The number of carbonyl (C=O) groups is 2. The van der Waals surface area contributed by atoms with Gasteiger partial charge in [0, 0.05) is 18.2 Å². The summed E-state index contributed by atoms with van der Waals surface area (Å²) in [5.74, 6) is 1.08. The van der Waals surface area contributed by atoms with Crippen LogP contribution >= 0.6 is 11.8 Å². The molecule has 7 nitrogen and oxygen atoms in total. The highest BCUT2D eigenvalue weighted by atomic mass is 32.2. The van der Waals surface area contributed by atoms with E-state index in [1.807, 2.05) is 42.7 Å². The topological polar surface area (TPSA) is 88.9 Å². The Morgan fingerprint density at radius 2 is 1.84 bits per heavy atom. The van der Waals surface area contributed by atoms with Crippen LogP contribution < -0.4 is 10.6 Å². The molecule has 1 aliphatic carbocycles. The SMILES string of the molecule is CCn1c(SCC(=O)NC2CCCC2)nnc1[C@@H](NC(=O)c1ccc(C)cc1)C(C)C. The van der Waals surface area contributed by atoms with Crippen molar-refractivity contribution in [3.63, 3.8) is 0 Å². The zero-order valence-corrected chi connectivity index (χ0v) is 19.7. The lowest BCUT2D eigenvalue weighted by molar-refractivity contribution is -0.119. The second-order valence-electron chi connectivity index (χ2n) is 8.48. The Kier molecular flexibility index (Phi) is 8.12. The zero-order chi connectivity index (χ0) is 22.4. The van der Waals surface area contributed by atoms with Crippen LogP contribution in [0.3, 0.4) is 0 Å². The molecule has 3 rings (SSSR count). The van der Waals surface area contributed by atoms with Gasteiger partial charge < -0.3 is 15.2 Å². The molecule has 1 atom stereocenters. The maximum Gasteiger partial charge on any atom is 0.251 e. The second kappa shape index (κ2) is 10.8. The molecule has 1 saturated carbocycles. The number of carbonyl (C=O) groups excluding carboxylic acids is 2. The van der Waals surface area contributed by atoms with E-state index in [1.165, 1.54) is 24.6 Å². The number of hydrogen-bond acceptors (Lipinski definition) is 5. The van der Waals surface area contributed by atoms with Crippen molar-refractivity contribution in [2.24, 2.45) is 5.92 Å². The monoisotopic (exact) mass is 443 g/mol. The second-order valence-corrected chi connectivity index (χ2v) is 9.43. The van der Waals surface area contributed by atoms with Crippen LogP contribution in [0.1, 0.15) is 74.2 Å². The molecule has 2 N–H and O–H groups in total. The van der Waals surface area contributed by atoms with E-state index < -0.39 is 0 Å². The van der Waals surface area contributed by atoms with Crippen LogP contribution in [0, 0.1) is 12.8 Å². The van der Waals surface area contributed by atoms with Crippen LogP contribution in [0.2, 0.25) is 0 Å². The molecule has 1 fully saturated rings. The van der Waals surface area contributed by atoms with E-state index in [4.69, 9.17) is 0 Å². The fraction of sp³-hybridized carbons (Fsp3) is 0.565. The molecular formula is C23H33N5O2S. The number of nitrogens with zero attached hydrogens (tertiary/aromatic N) is 3. The van der Waals surface area contributed by atoms with Gasteiger partial charge in [-0.3, -0.25) is 9.59 Å². The van der Waals surface area contributed by atoms with Crippen LogP contribution in [-0.2, 0) is 11.3 Å². The maximum absolute atomic E-state index is 12.8. The standard InChI is InChI=1S/C23H33N5O2S/c1-5-28-21(20(15(2)3)25-22(30)17-12-10-16(4)11-13-17)26-27-23(28)31-14-19(29)24-18-8-6-7-9-18/h10-13,15,18,20H,5-9,14H2,1-4H3,(H,24,29)(H,25,30)/t20-/m0/s1. The number of aromatic nitrogens is 3. The summed E-state index contributed by atoms with van der Waals surface area (Å²) in [7, 11) is 0. The van der Waals surface area contributed by atoms with Gasteiger partial charge in [0.2, 0.25) is 5.91 Å². The fourth-order valence-corrected chi connectivity index (χ4v) is 4.68. The Morgan fingerprint density at radius 3 is 2.45 bits per heavy atom. The van der Waals surface area contributed by atoms with Crippen LogP contribution in [0.4, 0.5) is 0 Å². The molecule has 168 valence electrons. The first-order valence-corrected chi connectivity index (χ1v) is 12.1. The Bertz CT molecular complexity index is 888. The Balaban J connectivity index is 1.68. The lowest BCUT2D eigenvalue weighted by Gasteiger charge is -2.22. The van der Waals surface area contributed by atoms with Gasteiger partial charge in [-0.25, -0.2) is 0 Å². The third-order valence-electron chi connectivity index (χ3n) is 5.66. The van der Waals surface area contributed by atoms with Crippen molar-refractivity contribution >= 4 is 23.6 Å². The van der Waals surface area contributed by atoms with Crippen LogP contribution in [0.5, 0.6) is 0 Å². The van der Waals surface area contributed by atoms with Crippen molar-refractivity contribution in [3.05, 3.63) is 41.2 Å². The molecule has 1 aromatic heterocycles. The molecule has 2 aromatic rings. The summed E-state index contributed by atoms with van der Waals surface area (Å²) in [4.78, 5) is 25.1. The summed E-state index contributed by atoms with van der Waals surface area (Å²) in [5.41, 5.74) is 1.73. The highest BCUT2D eigenvalue weighted by molar-refractivity contribution is 7.99. The first-order chi connectivity index (χ1) is 14.9. The summed E-state index contributed by atoms with van der Waals surface area (Å²) in [6, 6.07) is 7.56. The lowest BCUT2D eigenvalue weighted by atomic mass is 10.0. The van der Waals surface area contributed by atoms with Crippen LogP contribution in [0.15, 0.2) is 29.4 Å². The molecule has 0 spiro atoms. The van der Waals surface area contributed by atoms with Gasteiger partial charge in [0.05, 0.1) is 11.8 Å². The average molecular weight is 444 g/mol. The highest BCUT2D eigenvalue weighted by Crippen LogP contribution is 2.26. The molecule has 1 heterocycles. The summed E-state index contributed by atoms with van der Waals surface area (Å²) >= 11 is 1.39. The van der Waals surface area contributed by atoms with Crippen LogP contribution in [0.25, 0.3) is 0 Å². The number of amides is 2. The molecule has 0 radical (unpaired) electrons. The summed E-state index contributed by atoms with van der Waals surface area (Å²) in [6.45, 7) is 8.79. The Labute approximate surface area is 188 Å². The van der Waals surface area contributed by atoms with Crippen LogP contribution in [-0.4, -0.2) is 38.4 Å². The minimum atomic E-state index is -0.275.